The molecule has 0 spiro atoms. The van der Waals surface area contributed by atoms with Gasteiger partial charge in [0.1, 0.15) is 6.17 Å². The van der Waals surface area contributed by atoms with Crippen molar-refractivity contribution in [1.29, 1.82) is 0 Å². The molecule has 5 aromatic rings. The Morgan fingerprint density at radius 3 is 2.70 bits per heavy atom. The van der Waals surface area contributed by atoms with Crippen LogP contribution in [0.2, 0.25) is 0 Å². The first-order chi connectivity index (χ1) is 20.7. The molecule has 0 saturated heterocycles. The number of thiazole rings is 1. The normalized spacial score (nSPS) is 17.5. The number of carbonyl (C=O) groups excluding carboxylic acids is 1. The quantitative estimate of drug-likeness (QED) is 0.219. The number of alkyl halides is 1. The second-order valence-electron chi connectivity index (χ2n) is 11.5. The van der Waals surface area contributed by atoms with E-state index in [1.54, 1.807) is 27.2 Å². The summed E-state index contributed by atoms with van der Waals surface area (Å²) in [5.74, 6) is -0.343. The lowest BCUT2D eigenvalue weighted by atomic mass is 9.91. The number of nitrogens with one attached hydrogen (secondary N) is 2. The zero-order chi connectivity index (χ0) is 29.9. The number of carbonyl (C=O) groups is 2. The molecule has 0 radical (unpaired) electrons. The van der Waals surface area contributed by atoms with Crippen LogP contribution < -0.4 is 10.6 Å². The molecule has 1 aliphatic heterocycles. The Hall–Kier alpha value is -4.58. The minimum atomic E-state index is -1.02. The highest BCUT2D eigenvalue weighted by atomic mass is 32.1. The summed E-state index contributed by atoms with van der Waals surface area (Å²) in [7, 11) is 0. The second-order valence-corrected chi connectivity index (χ2v) is 12.4. The highest BCUT2D eigenvalue weighted by molar-refractivity contribution is 7.13. The molecule has 220 valence electrons. The van der Waals surface area contributed by atoms with Gasteiger partial charge in [0.15, 0.2) is 11.2 Å². The Labute approximate surface area is 250 Å². The largest absolute Gasteiger partial charge is 0.465 e. The van der Waals surface area contributed by atoms with E-state index in [0.29, 0.717) is 23.1 Å². The minimum absolute atomic E-state index is 0.131. The van der Waals surface area contributed by atoms with Crippen LogP contribution in [0.15, 0.2) is 54.4 Å². The van der Waals surface area contributed by atoms with Gasteiger partial charge in [-0.25, -0.2) is 19.2 Å². The van der Waals surface area contributed by atoms with E-state index in [2.05, 4.69) is 50.9 Å². The number of rotatable bonds is 8. The topological polar surface area (TPSA) is 127 Å². The highest BCUT2D eigenvalue weighted by Crippen LogP contribution is 2.48. The fourth-order valence-electron chi connectivity index (χ4n) is 6.23. The van der Waals surface area contributed by atoms with Crippen LogP contribution in [0.3, 0.4) is 0 Å². The van der Waals surface area contributed by atoms with Crippen molar-refractivity contribution in [3.8, 4) is 11.1 Å². The summed E-state index contributed by atoms with van der Waals surface area (Å²) in [6.07, 6.45) is 5.18. The first-order valence-corrected chi connectivity index (χ1v) is 15.1. The van der Waals surface area contributed by atoms with Gasteiger partial charge >= 0.3 is 6.09 Å². The monoisotopic (exact) mass is 599 g/mol. The number of imidazole rings is 1. The lowest BCUT2D eigenvalue weighted by molar-refractivity contribution is -0.118. The molecule has 1 unspecified atom stereocenters. The predicted octanol–water partition coefficient (Wildman–Crippen LogP) is 5.39. The van der Waals surface area contributed by atoms with Crippen molar-refractivity contribution in [2.75, 3.05) is 11.9 Å². The van der Waals surface area contributed by atoms with Crippen molar-refractivity contribution >= 4 is 39.4 Å². The lowest BCUT2D eigenvalue weighted by Crippen LogP contribution is -2.30. The van der Waals surface area contributed by atoms with E-state index in [0.717, 1.165) is 51.6 Å². The first-order valence-electron chi connectivity index (χ1n) is 14.2. The molecule has 3 aromatic heterocycles. The van der Waals surface area contributed by atoms with Gasteiger partial charge in [0.05, 0.1) is 24.1 Å². The maximum atomic E-state index is 14.3. The first kappa shape index (κ1) is 27.3. The van der Waals surface area contributed by atoms with Crippen molar-refractivity contribution in [3.63, 3.8) is 0 Å². The third kappa shape index (κ3) is 4.85. The summed E-state index contributed by atoms with van der Waals surface area (Å²) in [4.78, 5) is 33.5. The van der Waals surface area contributed by atoms with Crippen LogP contribution >= 0.6 is 11.3 Å². The van der Waals surface area contributed by atoms with E-state index in [4.69, 9.17) is 10.2 Å². The van der Waals surface area contributed by atoms with E-state index >= 15 is 0 Å². The fraction of sp³-hybridized carbons (Fsp3) is 0.323. The van der Waals surface area contributed by atoms with Gasteiger partial charge in [-0.05, 0) is 54.5 Å². The molecule has 2 amide bonds. The third-order valence-corrected chi connectivity index (χ3v) is 9.43. The van der Waals surface area contributed by atoms with Crippen LogP contribution in [-0.4, -0.2) is 54.1 Å². The Kier molecular flexibility index (Phi) is 6.53. The molecule has 2 aromatic carbocycles. The van der Waals surface area contributed by atoms with Crippen molar-refractivity contribution in [3.05, 3.63) is 82.5 Å². The van der Waals surface area contributed by atoms with Crippen LogP contribution in [0.1, 0.15) is 47.0 Å². The molecule has 1 aliphatic carbocycles. The minimum Gasteiger partial charge on any atom is -0.465 e. The van der Waals surface area contributed by atoms with Crippen LogP contribution in [0, 0.1) is 13.8 Å². The van der Waals surface area contributed by atoms with Crippen LogP contribution in [0.4, 0.5) is 14.3 Å². The summed E-state index contributed by atoms with van der Waals surface area (Å²) >= 11 is 1.32. The maximum absolute atomic E-state index is 14.3. The molecule has 7 rings (SSSR count). The van der Waals surface area contributed by atoms with E-state index < -0.39 is 18.3 Å². The predicted molar refractivity (Wildman–Crippen MR) is 161 cm³/mol. The number of benzene rings is 2. The number of amides is 2. The average Bonchev–Trinajstić information content (AvgIpc) is 3.38. The molecule has 2 aliphatic rings. The number of aryl methyl sites for hydroxylation is 2. The van der Waals surface area contributed by atoms with Crippen molar-refractivity contribution in [2.45, 2.75) is 57.3 Å². The summed E-state index contributed by atoms with van der Waals surface area (Å²) in [5.41, 5.74) is 6.99. The molecular weight excluding hydrogens is 569 g/mol. The number of aromatic nitrogens is 5. The average molecular weight is 600 g/mol. The van der Waals surface area contributed by atoms with Crippen LogP contribution in [0.5, 0.6) is 0 Å². The Morgan fingerprint density at radius 2 is 2.00 bits per heavy atom. The van der Waals surface area contributed by atoms with Gasteiger partial charge in [0.2, 0.25) is 0 Å². The Balaban J connectivity index is 1.26. The summed E-state index contributed by atoms with van der Waals surface area (Å²) < 4.78 is 17.8. The number of halogens is 1. The Bertz CT molecular complexity index is 1860. The molecule has 3 N–H and O–H groups in total. The zero-order valence-corrected chi connectivity index (χ0v) is 24.5. The number of anilines is 1. The fourth-order valence-corrected chi connectivity index (χ4v) is 6.76. The lowest BCUT2D eigenvalue weighted by Gasteiger charge is -2.17. The van der Waals surface area contributed by atoms with Gasteiger partial charge in [-0.1, -0.05) is 30.3 Å². The summed E-state index contributed by atoms with van der Waals surface area (Å²) in [6, 6.07) is 9.54. The van der Waals surface area contributed by atoms with Crippen LogP contribution in [0.25, 0.3) is 22.0 Å². The number of nitrogens with zero attached hydrogens (tertiary/aromatic N) is 5. The number of hydrogen-bond donors (Lipinski definition) is 3. The van der Waals surface area contributed by atoms with Gasteiger partial charge in [-0.15, -0.1) is 11.3 Å². The molecule has 1 fully saturated rings. The van der Waals surface area contributed by atoms with Crippen LogP contribution in [-0.2, 0) is 23.2 Å². The second kappa shape index (κ2) is 10.3. The van der Waals surface area contributed by atoms with Crippen molar-refractivity contribution in [1.82, 2.24) is 29.6 Å². The van der Waals surface area contributed by atoms with E-state index in [-0.39, 0.29) is 24.3 Å². The standard InChI is InChI=1S/C31H30FN7O3S/c1-17-11-22(19-3-5-20(6-4-19)31(7-8-31)15-34-30(41)42)18(2)25-23(17)14-39(37-25)27(28(40)36-29-33-9-10-43-29)26-24-12-21(32)13-38(24)16-35-26/h3-6,9-11,14,16,21,27,34H,7-8,12-13,15H2,1-2H3,(H,41,42)(H,33,36,40)/t21-,27?/m1/s1. The summed E-state index contributed by atoms with van der Waals surface area (Å²) in [6.45, 7) is 4.68. The van der Waals surface area contributed by atoms with Crippen molar-refractivity contribution in [2.24, 2.45) is 0 Å². The zero-order valence-electron chi connectivity index (χ0n) is 23.7. The molecule has 0 bridgehead atoms. The van der Waals surface area contributed by atoms with E-state index in [1.165, 1.54) is 11.3 Å². The molecule has 4 heterocycles. The Morgan fingerprint density at radius 1 is 1.21 bits per heavy atom. The molecule has 2 atom stereocenters. The molecule has 12 heteroatoms. The summed E-state index contributed by atoms with van der Waals surface area (Å²) in [5, 5.41) is 22.6. The van der Waals surface area contributed by atoms with Gasteiger partial charge in [-0.2, -0.15) is 5.10 Å². The van der Waals surface area contributed by atoms with E-state index in [9.17, 15) is 14.0 Å². The molecule has 1 saturated carbocycles. The number of hydrogen-bond acceptors (Lipinski definition) is 6. The third-order valence-electron chi connectivity index (χ3n) is 8.74. The number of fused-ring (bicyclic) bond motifs is 2. The maximum Gasteiger partial charge on any atom is 0.404 e. The smallest absolute Gasteiger partial charge is 0.404 e. The van der Waals surface area contributed by atoms with E-state index in [1.807, 2.05) is 20.0 Å². The van der Waals surface area contributed by atoms with Gasteiger partial charge < -0.3 is 15.0 Å². The molecule has 43 heavy (non-hydrogen) atoms. The highest BCUT2D eigenvalue weighted by Gasteiger charge is 2.44. The van der Waals surface area contributed by atoms with Gasteiger partial charge in [0.25, 0.3) is 5.91 Å². The number of carboxylic acid groups (broad SMARTS) is 1. The van der Waals surface area contributed by atoms with Gasteiger partial charge in [0, 0.05) is 47.2 Å². The molecular formula is C31H30FN7O3S. The molecule has 10 nitrogen and oxygen atoms in total. The SMILES string of the molecule is Cc1cc(-c2ccc(C3(CNC(=O)O)CC3)cc2)c(C)c2nn(C(C(=O)Nc3nccs3)c3ncn4c3C[C@@H](F)C4)cc12. The van der Waals surface area contributed by atoms with Gasteiger partial charge in [-0.3, -0.25) is 14.8 Å². The van der Waals surface area contributed by atoms with Crippen molar-refractivity contribution < 1.29 is 19.1 Å².